The first kappa shape index (κ1) is 11.9. The summed E-state index contributed by atoms with van der Waals surface area (Å²) in [6.45, 7) is 1.30. The van der Waals surface area contributed by atoms with Crippen LogP contribution in [0.2, 0.25) is 1.41 Å². The lowest BCUT2D eigenvalue weighted by atomic mass is 10.7. The third-order valence-electron chi connectivity index (χ3n) is 1.74. The number of nitrogens with one attached hydrogen (secondary N) is 3. The predicted molar refractivity (Wildman–Crippen MR) is 68.0 cm³/mol. The molecule has 1 saturated heterocycles. The Morgan fingerprint density at radius 2 is 1.53 bits per heavy atom. The quantitative estimate of drug-likeness (QED) is 0.308. The summed E-state index contributed by atoms with van der Waals surface area (Å²) in [4.78, 5) is 0. The van der Waals surface area contributed by atoms with Crippen molar-refractivity contribution in [1.29, 1.82) is 0 Å². The van der Waals surface area contributed by atoms with Crippen molar-refractivity contribution in [2.24, 2.45) is 17.2 Å². The van der Waals surface area contributed by atoms with Gasteiger partial charge >= 0.3 is 0 Å². The maximum absolute atomic E-state index is 7.16. The lowest BCUT2D eigenvalue weighted by molar-refractivity contribution is 0.305. The molecule has 1 aliphatic heterocycles. The minimum absolute atomic E-state index is 0.0999. The topological polar surface area (TPSA) is 114 Å². The number of thioether (sulfide) groups is 2. The second-order valence-electron chi connectivity index (χ2n) is 3.01. The van der Waals surface area contributed by atoms with Crippen LogP contribution in [-0.2, 0) is 0 Å². The van der Waals surface area contributed by atoms with Gasteiger partial charge in [0.15, 0.2) is 0 Å². The largest absolute Gasteiger partial charge is 0.330 e. The predicted octanol–water partition coefficient (Wildman–Crippen LogP) is -2.04. The number of nitrogens with two attached hydrogens (primary N) is 3. The van der Waals surface area contributed by atoms with E-state index in [1.54, 1.807) is 23.5 Å². The monoisotopic (exact) mass is 253 g/mol. The van der Waals surface area contributed by atoms with Crippen LogP contribution in [0.25, 0.3) is 0 Å². The fraction of sp³-hybridized carbons (Fsp3) is 1.00. The molecule has 8 heteroatoms. The van der Waals surface area contributed by atoms with E-state index in [0.717, 1.165) is 11.5 Å². The molecular weight excluding hydrogens is 232 g/mol. The summed E-state index contributed by atoms with van der Waals surface area (Å²) in [6, 6.07) is 0. The molecule has 0 spiro atoms. The van der Waals surface area contributed by atoms with Gasteiger partial charge in [-0.15, -0.1) is 23.5 Å². The molecule has 15 heavy (non-hydrogen) atoms. The fourth-order valence-electron chi connectivity index (χ4n) is 1.15. The first-order valence-corrected chi connectivity index (χ1v) is 6.98. The lowest BCUT2D eigenvalue weighted by Crippen LogP contribution is -2.68. The normalized spacial score (nSPS) is 32.7. The van der Waals surface area contributed by atoms with E-state index in [2.05, 4.69) is 21.7 Å². The number of rotatable bonds is 7. The molecule has 90 valence electrons. The van der Waals surface area contributed by atoms with Crippen LogP contribution in [0.4, 0.5) is 0 Å². The van der Waals surface area contributed by atoms with Gasteiger partial charge in [0.1, 0.15) is 18.7 Å². The number of hydrogen-bond donors (Lipinski definition) is 6. The molecule has 1 rings (SSSR count). The maximum Gasteiger partial charge on any atom is 0.121 e. The molecule has 1 fully saturated rings. The molecule has 6 nitrogen and oxygen atoms in total. The van der Waals surface area contributed by atoms with E-state index < -0.39 is 0 Å². The Labute approximate surface area is 100 Å². The summed E-state index contributed by atoms with van der Waals surface area (Å²) in [5, 5.41) is 9.73. The van der Waals surface area contributed by atoms with Crippen molar-refractivity contribution in [3.05, 3.63) is 0 Å². The van der Waals surface area contributed by atoms with Crippen molar-refractivity contribution < 1.29 is 1.41 Å². The van der Waals surface area contributed by atoms with E-state index >= 15 is 0 Å². The first-order valence-electron chi connectivity index (χ1n) is 5.39. The van der Waals surface area contributed by atoms with E-state index in [9.17, 15) is 0 Å². The smallest absolute Gasteiger partial charge is 0.121 e. The van der Waals surface area contributed by atoms with E-state index in [-0.39, 0.29) is 17.3 Å². The Kier molecular flexibility index (Phi) is 6.11. The van der Waals surface area contributed by atoms with Gasteiger partial charge in [0.05, 0.1) is 0 Å². The fourth-order valence-corrected chi connectivity index (χ4v) is 2.91. The summed E-state index contributed by atoms with van der Waals surface area (Å²) >= 11 is 3.40. The van der Waals surface area contributed by atoms with Crippen LogP contribution in [-0.4, -0.2) is 41.9 Å². The van der Waals surface area contributed by atoms with Crippen LogP contribution in [0.3, 0.4) is 0 Å². The minimum Gasteiger partial charge on any atom is -0.330 e. The molecule has 2 unspecified atom stereocenters. The Morgan fingerprint density at radius 3 is 1.93 bits per heavy atom. The second kappa shape index (κ2) is 7.69. The zero-order valence-corrected chi connectivity index (χ0v) is 10.2. The highest BCUT2D eigenvalue weighted by Crippen LogP contribution is 2.13. The standard InChI is InChI=1S/C7H20N6S2/c8-1-3-14-6-11-5(10)12-7(13-6)15-4-2-9/h5-7,11-13H,1-4,8-10H2/i/hD. The molecule has 0 aromatic carbocycles. The maximum atomic E-state index is 7.16. The highest BCUT2D eigenvalue weighted by Gasteiger charge is 2.24. The van der Waals surface area contributed by atoms with Crippen LogP contribution in [0.5, 0.6) is 0 Å². The van der Waals surface area contributed by atoms with Crippen LogP contribution < -0.4 is 33.1 Å². The van der Waals surface area contributed by atoms with Crippen molar-refractivity contribution in [2.45, 2.75) is 17.3 Å². The van der Waals surface area contributed by atoms with Crippen LogP contribution in [0.1, 0.15) is 0 Å². The Balaban J connectivity index is 2.34. The van der Waals surface area contributed by atoms with Crippen molar-refractivity contribution >= 4 is 23.5 Å². The van der Waals surface area contributed by atoms with Gasteiger partial charge < -0.3 is 17.2 Å². The zero-order valence-electron chi connectivity index (χ0n) is 9.53. The second-order valence-corrected chi connectivity index (χ2v) is 5.44. The molecule has 0 saturated carbocycles. The molecule has 2 atom stereocenters. The van der Waals surface area contributed by atoms with Gasteiger partial charge in [0, 0.05) is 24.6 Å². The summed E-state index contributed by atoms with van der Waals surface area (Å²) < 4.78 is 7.16. The van der Waals surface area contributed by atoms with Crippen molar-refractivity contribution in [3.8, 4) is 0 Å². The van der Waals surface area contributed by atoms with E-state index in [1.165, 1.54) is 0 Å². The summed E-state index contributed by atoms with van der Waals surface area (Å²) in [7, 11) is 0. The lowest BCUT2D eigenvalue weighted by Gasteiger charge is -2.36. The molecule has 0 radical (unpaired) electrons. The van der Waals surface area contributed by atoms with Gasteiger partial charge in [-0.1, -0.05) is 0 Å². The third-order valence-corrected chi connectivity index (χ3v) is 3.90. The number of hydrogen-bond acceptors (Lipinski definition) is 8. The van der Waals surface area contributed by atoms with Gasteiger partial charge in [0.25, 0.3) is 0 Å². The molecular formula is C7H20N6S2. The first-order chi connectivity index (χ1) is 7.80. The average Bonchev–Trinajstić information content (AvgIpc) is 2.33. The average molecular weight is 253 g/mol. The molecule has 0 aliphatic carbocycles. The molecule has 1 heterocycles. The van der Waals surface area contributed by atoms with Crippen LogP contribution in [0, 0.1) is 0 Å². The van der Waals surface area contributed by atoms with E-state index in [4.69, 9.17) is 12.9 Å². The summed E-state index contributed by atoms with van der Waals surface area (Å²) in [6.07, 6.45) is -0.216. The van der Waals surface area contributed by atoms with Gasteiger partial charge in [-0.25, -0.2) is 0 Å². The molecule has 0 amide bonds. The van der Waals surface area contributed by atoms with Gasteiger partial charge in [-0.2, -0.15) is 0 Å². The highest BCUT2D eigenvalue weighted by atomic mass is 32.2. The van der Waals surface area contributed by atoms with Crippen molar-refractivity contribution in [3.63, 3.8) is 0 Å². The zero-order chi connectivity index (χ0) is 11.8. The molecule has 0 bridgehead atoms. The minimum atomic E-state index is -0.216. The van der Waals surface area contributed by atoms with E-state index in [0.29, 0.717) is 13.1 Å². The summed E-state index contributed by atoms with van der Waals surface area (Å²) in [5.74, 6) is 1.76. The van der Waals surface area contributed by atoms with Gasteiger partial charge in [-0.3, -0.25) is 16.0 Å². The molecule has 0 aromatic heterocycles. The highest BCUT2D eigenvalue weighted by molar-refractivity contribution is 8.00. The SMILES string of the molecule is [2H]NC1NC(SCCN)NC(SCCN)N1. The molecule has 0 aromatic rings. The molecule has 1 aliphatic rings. The Hall–Kier alpha value is 0.460. The van der Waals surface area contributed by atoms with Crippen LogP contribution in [0.15, 0.2) is 0 Å². The Morgan fingerprint density at radius 1 is 1.00 bits per heavy atom. The van der Waals surface area contributed by atoms with Gasteiger partial charge in [0.2, 0.25) is 0 Å². The van der Waals surface area contributed by atoms with Crippen molar-refractivity contribution in [2.75, 3.05) is 24.6 Å². The van der Waals surface area contributed by atoms with Crippen molar-refractivity contribution in [1.82, 2.24) is 16.0 Å². The van der Waals surface area contributed by atoms with Crippen LogP contribution >= 0.6 is 23.5 Å². The summed E-state index contributed by atoms with van der Waals surface area (Å²) in [5.41, 5.74) is 13.5. The van der Waals surface area contributed by atoms with Gasteiger partial charge in [-0.05, 0) is 0 Å². The van der Waals surface area contributed by atoms with E-state index in [1.807, 2.05) is 0 Å². The third kappa shape index (κ3) is 5.36. The Bertz CT molecular complexity index is 172. The molecule has 9 N–H and O–H groups in total.